The molecule has 0 spiro atoms. The lowest BCUT2D eigenvalue weighted by atomic mass is 10.1. The summed E-state index contributed by atoms with van der Waals surface area (Å²) in [5.74, 6) is 2.41. The molecule has 2 heterocycles. The number of aromatic nitrogens is 4. The van der Waals surface area contributed by atoms with Crippen LogP contribution in [0.3, 0.4) is 0 Å². The number of nitrogens with one attached hydrogen (secondary N) is 3. The van der Waals surface area contributed by atoms with Gasteiger partial charge in [0.2, 0.25) is 0 Å². The van der Waals surface area contributed by atoms with Crippen molar-refractivity contribution in [1.29, 1.82) is 0 Å². The molecule has 9 heteroatoms. The van der Waals surface area contributed by atoms with Gasteiger partial charge in [0.15, 0.2) is 12.4 Å². The SMILES string of the molecule is CCOc1ccc2nc(-c3cccc(OCC(=O)NC4CC4)c3)nc(Nc3ccc(-c4cn[nH]c4)cc3)c2c1. The number of fused-ring (bicyclic) bond motifs is 1. The molecule has 1 aliphatic rings. The van der Waals surface area contributed by atoms with E-state index in [4.69, 9.17) is 19.4 Å². The predicted molar refractivity (Wildman–Crippen MR) is 150 cm³/mol. The van der Waals surface area contributed by atoms with E-state index in [1.54, 1.807) is 6.20 Å². The van der Waals surface area contributed by atoms with Crippen LogP contribution in [-0.2, 0) is 4.79 Å². The number of carbonyl (C=O) groups excluding carboxylic acids is 1. The minimum atomic E-state index is -0.111. The first-order valence-corrected chi connectivity index (χ1v) is 13.0. The van der Waals surface area contributed by atoms with Crippen molar-refractivity contribution < 1.29 is 14.3 Å². The van der Waals surface area contributed by atoms with Crippen LogP contribution in [0.1, 0.15) is 19.8 Å². The van der Waals surface area contributed by atoms with E-state index >= 15 is 0 Å². The number of amides is 1. The molecule has 2 aromatic heterocycles. The molecule has 0 saturated heterocycles. The highest BCUT2D eigenvalue weighted by atomic mass is 16.5. The van der Waals surface area contributed by atoms with Gasteiger partial charge >= 0.3 is 0 Å². The van der Waals surface area contributed by atoms with Crippen LogP contribution in [-0.4, -0.2) is 45.3 Å². The number of carbonyl (C=O) groups is 1. The molecule has 0 bridgehead atoms. The van der Waals surface area contributed by atoms with E-state index in [0.29, 0.717) is 30.0 Å². The zero-order valence-corrected chi connectivity index (χ0v) is 21.5. The maximum Gasteiger partial charge on any atom is 0.258 e. The Bertz CT molecular complexity index is 1600. The van der Waals surface area contributed by atoms with Crippen molar-refractivity contribution in [2.24, 2.45) is 0 Å². The van der Waals surface area contributed by atoms with Gasteiger partial charge in [0.25, 0.3) is 5.91 Å². The van der Waals surface area contributed by atoms with Crippen LogP contribution < -0.4 is 20.1 Å². The number of nitrogens with zero attached hydrogens (tertiary/aromatic N) is 3. The molecule has 3 N–H and O–H groups in total. The van der Waals surface area contributed by atoms with Gasteiger partial charge in [-0.15, -0.1) is 0 Å². The van der Waals surface area contributed by atoms with E-state index in [-0.39, 0.29) is 12.5 Å². The van der Waals surface area contributed by atoms with Crippen LogP contribution >= 0.6 is 0 Å². The van der Waals surface area contributed by atoms with Crippen LogP contribution in [0, 0.1) is 0 Å². The van der Waals surface area contributed by atoms with Crippen molar-refractivity contribution in [3.05, 3.63) is 79.1 Å². The van der Waals surface area contributed by atoms with Crippen molar-refractivity contribution in [3.63, 3.8) is 0 Å². The fourth-order valence-electron chi connectivity index (χ4n) is 4.25. The number of anilines is 2. The number of hydrogen-bond acceptors (Lipinski definition) is 7. The molecule has 0 atom stereocenters. The average Bonchev–Trinajstić information content (AvgIpc) is 3.60. The number of ether oxygens (including phenoxy) is 2. The van der Waals surface area contributed by atoms with Gasteiger partial charge in [0, 0.05) is 34.4 Å². The molecule has 5 aromatic rings. The zero-order chi connectivity index (χ0) is 26.6. The van der Waals surface area contributed by atoms with Crippen molar-refractivity contribution >= 4 is 28.3 Å². The summed E-state index contributed by atoms with van der Waals surface area (Å²) in [6.45, 7) is 2.49. The smallest absolute Gasteiger partial charge is 0.258 e. The van der Waals surface area contributed by atoms with Crippen LogP contribution in [0.25, 0.3) is 33.4 Å². The molecule has 3 aromatic carbocycles. The van der Waals surface area contributed by atoms with Gasteiger partial charge in [0.05, 0.1) is 18.3 Å². The monoisotopic (exact) mass is 520 g/mol. The predicted octanol–water partition coefficient (Wildman–Crippen LogP) is 5.49. The molecule has 6 rings (SSSR count). The van der Waals surface area contributed by atoms with Gasteiger partial charge in [-0.3, -0.25) is 9.89 Å². The summed E-state index contributed by atoms with van der Waals surface area (Å²) in [5, 5.41) is 14.1. The van der Waals surface area contributed by atoms with Gasteiger partial charge in [-0.2, -0.15) is 5.10 Å². The average molecular weight is 521 g/mol. The molecule has 1 fully saturated rings. The lowest BCUT2D eigenvalue weighted by Crippen LogP contribution is -2.30. The first-order chi connectivity index (χ1) is 19.1. The van der Waals surface area contributed by atoms with Crippen LogP contribution in [0.5, 0.6) is 11.5 Å². The summed E-state index contributed by atoms with van der Waals surface area (Å²) >= 11 is 0. The zero-order valence-electron chi connectivity index (χ0n) is 21.5. The third-order valence-corrected chi connectivity index (χ3v) is 6.36. The fourth-order valence-corrected chi connectivity index (χ4v) is 4.25. The summed E-state index contributed by atoms with van der Waals surface area (Å²) in [5.41, 5.74) is 4.52. The summed E-state index contributed by atoms with van der Waals surface area (Å²) in [4.78, 5) is 21.8. The lowest BCUT2D eigenvalue weighted by molar-refractivity contribution is -0.123. The Labute approximate surface area is 225 Å². The van der Waals surface area contributed by atoms with Crippen molar-refractivity contribution in [2.75, 3.05) is 18.5 Å². The second-order valence-electron chi connectivity index (χ2n) is 9.36. The van der Waals surface area contributed by atoms with Crippen molar-refractivity contribution in [3.8, 4) is 34.0 Å². The summed E-state index contributed by atoms with van der Waals surface area (Å²) in [7, 11) is 0. The van der Waals surface area contributed by atoms with Crippen LogP contribution in [0.2, 0.25) is 0 Å². The molecular weight excluding hydrogens is 492 g/mol. The Hall–Kier alpha value is -4.92. The maximum atomic E-state index is 12.1. The first kappa shape index (κ1) is 24.4. The lowest BCUT2D eigenvalue weighted by Gasteiger charge is -2.13. The molecule has 1 aliphatic carbocycles. The molecule has 0 aliphatic heterocycles. The Morgan fingerprint density at radius 3 is 2.56 bits per heavy atom. The Morgan fingerprint density at radius 2 is 1.79 bits per heavy atom. The molecule has 9 nitrogen and oxygen atoms in total. The van der Waals surface area contributed by atoms with E-state index in [1.165, 1.54) is 0 Å². The van der Waals surface area contributed by atoms with Gasteiger partial charge in [-0.1, -0.05) is 24.3 Å². The van der Waals surface area contributed by atoms with Crippen molar-refractivity contribution in [1.82, 2.24) is 25.5 Å². The highest BCUT2D eigenvalue weighted by Crippen LogP contribution is 2.32. The minimum absolute atomic E-state index is 0.0274. The minimum Gasteiger partial charge on any atom is -0.494 e. The molecule has 39 heavy (non-hydrogen) atoms. The van der Waals surface area contributed by atoms with E-state index in [0.717, 1.165) is 51.9 Å². The standard InChI is InChI=1S/C30H28N6O3/c1-2-38-25-12-13-27-26(15-25)30(34-23-8-6-19(7-9-23)21-16-31-32-17-21)36-29(35-27)20-4-3-5-24(14-20)39-18-28(37)33-22-10-11-22/h3-9,12-17,22H,2,10-11,18H2,1H3,(H,31,32)(H,33,37)(H,34,35,36). The summed E-state index contributed by atoms with van der Waals surface area (Å²) in [6, 6.07) is 21.6. The van der Waals surface area contributed by atoms with Gasteiger partial charge < -0.3 is 20.1 Å². The van der Waals surface area contributed by atoms with E-state index in [2.05, 4.69) is 20.8 Å². The molecular formula is C30H28N6O3. The number of hydrogen-bond donors (Lipinski definition) is 3. The third-order valence-electron chi connectivity index (χ3n) is 6.36. The fraction of sp³-hybridized carbons (Fsp3) is 0.200. The highest BCUT2D eigenvalue weighted by molar-refractivity contribution is 5.93. The molecule has 196 valence electrons. The second kappa shape index (κ2) is 10.8. The van der Waals surface area contributed by atoms with E-state index in [9.17, 15) is 4.79 Å². The molecule has 0 unspecified atom stereocenters. The topological polar surface area (TPSA) is 114 Å². The van der Waals surface area contributed by atoms with Gasteiger partial charge in [-0.05, 0) is 67.8 Å². The van der Waals surface area contributed by atoms with Crippen LogP contribution in [0.15, 0.2) is 79.1 Å². The number of aromatic amines is 1. The Balaban J connectivity index is 1.31. The highest BCUT2D eigenvalue weighted by Gasteiger charge is 2.23. The third kappa shape index (κ3) is 5.82. The second-order valence-corrected chi connectivity index (χ2v) is 9.36. The summed E-state index contributed by atoms with van der Waals surface area (Å²) in [6.07, 6.45) is 5.73. The Morgan fingerprint density at radius 1 is 0.949 bits per heavy atom. The number of rotatable bonds is 10. The Kier molecular flexibility index (Phi) is 6.78. The van der Waals surface area contributed by atoms with E-state index < -0.39 is 0 Å². The van der Waals surface area contributed by atoms with E-state index in [1.807, 2.05) is 79.9 Å². The molecule has 1 amide bonds. The quantitative estimate of drug-likeness (QED) is 0.223. The van der Waals surface area contributed by atoms with Crippen LogP contribution in [0.4, 0.5) is 11.5 Å². The van der Waals surface area contributed by atoms with Gasteiger partial charge in [-0.25, -0.2) is 9.97 Å². The molecule has 1 saturated carbocycles. The first-order valence-electron chi connectivity index (χ1n) is 13.0. The van der Waals surface area contributed by atoms with Gasteiger partial charge in [0.1, 0.15) is 17.3 Å². The number of benzene rings is 3. The largest absolute Gasteiger partial charge is 0.494 e. The summed E-state index contributed by atoms with van der Waals surface area (Å²) < 4.78 is 11.5. The van der Waals surface area contributed by atoms with Crippen molar-refractivity contribution in [2.45, 2.75) is 25.8 Å². The number of H-pyrrole nitrogens is 1. The normalized spacial score (nSPS) is 12.7. The molecule has 0 radical (unpaired) electrons. The maximum absolute atomic E-state index is 12.1.